The van der Waals surface area contributed by atoms with Gasteiger partial charge in [-0.25, -0.2) is 13.2 Å². The largest absolute Gasteiger partial charge is 0.334 e. The molecule has 134 valence electrons. The van der Waals surface area contributed by atoms with Gasteiger partial charge in [-0.2, -0.15) is 0 Å². The van der Waals surface area contributed by atoms with E-state index < -0.39 is 18.8 Å². The van der Waals surface area contributed by atoms with Gasteiger partial charge < -0.3 is 4.90 Å². The monoisotopic (exact) mass is 395 g/mol. The average Bonchev–Trinajstić information content (AvgIpc) is 2.60. The van der Waals surface area contributed by atoms with Gasteiger partial charge in [0.2, 0.25) is 0 Å². The van der Waals surface area contributed by atoms with Crippen LogP contribution in [0.2, 0.25) is 5.02 Å². The van der Waals surface area contributed by atoms with Crippen LogP contribution in [0.4, 0.5) is 13.2 Å². The smallest absolute Gasteiger partial charge is 0.256 e. The molecule has 0 unspecified atom stereocenters. The van der Waals surface area contributed by atoms with E-state index in [2.05, 4.69) is 6.58 Å². The van der Waals surface area contributed by atoms with Gasteiger partial charge in [-0.1, -0.05) is 66.2 Å². The Labute approximate surface area is 159 Å². The van der Waals surface area contributed by atoms with Crippen LogP contribution in [0.3, 0.4) is 0 Å². The van der Waals surface area contributed by atoms with E-state index in [1.54, 1.807) is 30.3 Å². The maximum absolute atomic E-state index is 14.6. The Morgan fingerprint density at radius 2 is 1.69 bits per heavy atom. The summed E-state index contributed by atoms with van der Waals surface area (Å²) in [6.45, 7) is 3.10. The normalized spacial score (nSPS) is 14.9. The van der Waals surface area contributed by atoms with Crippen LogP contribution in [0.15, 0.2) is 71.9 Å². The van der Waals surface area contributed by atoms with Crippen LogP contribution in [0.5, 0.6) is 0 Å². The lowest BCUT2D eigenvalue weighted by Crippen LogP contribution is -2.30. The number of benzene rings is 2. The van der Waals surface area contributed by atoms with Gasteiger partial charge in [0.15, 0.2) is 0 Å². The Kier molecular flexibility index (Phi) is 5.44. The molecule has 1 aliphatic rings. The molecule has 0 spiro atoms. The van der Waals surface area contributed by atoms with Gasteiger partial charge in [0, 0.05) is 5.57 Å². The second-order valence-electron chi connectivity index (χ2n) is 5.67. The van der Waals surface area contributed by atoms with Crippen molar-refractivity contribution in [1.29, 1.82) is 0 Å². The standard InChI is InChI=1S/C20H14Cl2F3N/c1-12-16(22)10-14(13-6-3-2-4-7-13)20(26(12)11-18(24)25)19-15(21)8-5-9-17(19)23/h2-10,18H,1,11H2. The number of nitrogens with zero attached hydrogens (tertiary/aromatic N) is 1. The van der Waals surface area contributed by atoms with E-state index >= 15 is 0 Å². The second kappa shape index (κ2) is 7.60. The van der Waals surface area contributed by atoms with E-state index in [1.165, 1.54) is 23.1 Å². The predicted molar refractivity (Wildman–Crippen MR) is 100 cm³/mol. The number of hydrogen-bond acceptors (Lipinski definition) is 1. The molecule has 1 aliphatic heterocycles. The van der Waals surface area contributed by atoms with Crippen LogP contribution < -0.4 is 0 Å². The minimum absolute atomic E-state index is 0.0373. The van der Waals surface area contributed by atoms with Crippen molar-refractivity contribution in [1.82, 2.24) is 4.90 Å². The SMILES string of the molecule is C=C1C(Cl)=CC(c2ccccc2)=C(c2c(F)cccc2Cl)N1CC(F)F. The molecule has 3 rings (SSSR count). The third-order valence-electron chi connectivity index (χ3n) is 4.00. The Hall–Kier alpha value is -2.17. The van der Waals surface area contributed by atoms with Gasteiger partial charge in [0.05, 0.1) is 33.6 Å². The van der Waals surface area contributed by atoms with Gasteiger partial charge in [-0.05, 0) is 23.8 Å². The third-order valence-corrected chi connectivity index (χ3v) is 4.64. The minimum atomic E-state index is -2.67. The van der Waals surface area contributed by atoms with Crippen LogP contribution in [-0.2, 0) is 0 Å². The summed E-state index contributed by atoms with van der Waals surface area (Å²) in [6.07, 6.45) is -1.08. The summed E-state index contributed by atoms with van der Waals surface area (Å²) >= 11 is 12.5. The van der Waals surface area contributed by atoms with Crippen LogP contribution in [0.1, 0.15) is 11.1 Å². The van der Waals surface area contributed by atoms with Crippen LogP contribution >= 0.6 is 23.2 Å². The summed E-state index contributed by atoms with van der Waals surface area (Å²) in [7, 11) is 0. The van der Waals surface area contributed by atoms with E-state index in [0.29, 0.717) is 11.1 Å². The molecule has 0 amide bonds. The highest BCUT2D eigenvalue weighted by Crippen LogP contribution is 2.43. The number of hydrogen-bond donors (Lipinski definition) is 0. The van der Waals surface area contributed by atoms with Crippen molar-refractivity contribution in [2.45, 2.75) is 6.43 Å². The van der Waals surface area contributed by atoms with Gasteiger partial charge in [0.25, 0.3) is 6.43 Å². The average molecular weight is 396 g/mol. The molecule has 0 radical (unpaired) electrons. The molecule has 0 aliphatic carbocycles. The quantitative estimate of drug-likeness (QED) is 0.566. The molecule has 0 saturated carbocycles. The fourth-order valence-corrected chi connectivity index (χ4v) is 3.32. The highest BCUT2D eigenvalue weighted by Gasteiger charge is 2.30. The van der Waals surface area contributed by atoms with E-state index in [1.807, 2.05) is 6.07 Å². The Bertz CT molecular complexity index is 884. The molecule has 0 bridgehead atoms. The Morgan fingerprint density at radius 1 is 1.00 bits per heavy atom. The van der Waals surface area contributed by atoms with Crippen molar-refractivity contribution < 1.29 is 13.2 Å². The van der Waals surface area contributed by atoms with Crippen LogP contribution in [0.25, 0.3) is 11.3 Å². The summed E-state index contributed by atoms with van der Waals surface area (Å²) in [5.74, 6) is -0.612. The zero-order valence-electron chi connectivity index (χ0n) is 13.5. The molecule has 1 nitrogen and oxygen atoms in total. The fraction of sp³-hybridized carbons (Fsp3) is 0.100. The first-order valence-corrected chi connectivity index (χ1v) is 8.52. The van der Waals surface area contributed by atoms with Crippen molar-refractivity contribution in [3.63, 3.8) is 0 Å². The molecular weight excluding hydrogens is 382 g/mol. The summed E-state index contributed by atoms with van der Waals surface area (Å²) in [5.41, 5.74) is 1.62. The highest BCUT2D eigenvalue weighted by molar-refractivity contribution is 6.34. The molecule has 0 saturated heterocycles. The van der Waals surface area contributed by atoms with E-state index in [9.17, 15) is 13.2 Å². The van der Waals surface area contributed by atoms with Crippen molar-refractivity contribution in [3.05, 3.63) is 93.9 Å². The maximum atomic E-state index is 14.6. The van der Waals surface area contributed by atoms with Crippen molar-refractivity contribution in [2.24, 2.45) is 0 Å². The van der Waals surface area contributed by atoms with Crippen molar-refractivity contribution in [3.8, 4) is 0 Å². The second-order valence-corrected chi connectivity index (χ2v) is 6.48. The molecule has 2 aromatic carbocycles. The van der Waals surface area contributed by atoms with Crippen LogP contribution in [-0.4, -0.2) is 17.9 Å². The van der Waals surface area contributed by atoms with E-state index in [4.69, 9.17) is 23.2 Å². The summed E-state index contributed by atoms with van der Waals surface area (Å²) in [6, 6.07) is 13.2. The lowest BCUT2D eigenvalue weighted by molar-refractivity contribution is 0.123. The van der Waals surface area contributed by atoms with Crippen LogP contribution in [0, 0.1) is 5.82 Å². The lowest BCUT2D eigenvalue weighted by atomic mass is 9.94. The molecule has 6 heteroatoms. The predicted octanol–water partition coefficient (Wildman–Crippen LogP) is 6.56. The highest BCUT2D eigenvalue weighted by atomic mass is 35.5. The first kappa shape index (κ1) is 18.6. The molecule has 1 heterocycles. The van der Waals surface area contributed by atoms with Crippen molar-refractivity contribution >= 4 is 34.5 Å². The first-order chi connectivity index (χ1) is 12.4. The molecule has 0 fully saturated rings. The minimum Gasteiger partial charge on any atom is -0.334 e. The molecule has 26 heavy (non-hydrogen) atoms. The number of alkyl halides is 2. The summed E-state index contributed by atoms with van der Waals surface area (Å²) < 4.78 is 41.1. The molecule has 0 N–H and O–H groups in total. The zero-order chi connectivity index (χ0) is 18.8. The topological polar surface area (TPSA) is 3.24 Å². The van der Waals surface area contributed by atoms with Gasteiger partial charge >= 0.3 is 0 Å². The van der Waals surface area contributed by atoms with Gasteiger partial charge in [-0.15, -0.1) is 0 Å². The molecule has 0 atom stereocenters. The zero-order valence-corrected chi connectivity index (χ0v) is 15.0. The third kappa shape index (κ3) is 3.53. The Balaban J connectivity index is 2.35. The molecular formula is C20H14Cl2F3N. The fourth-order valence-electron chi connectivity index (χ4n) is 2.86. The number of allylic oxidation sites excluding steroid dienone is 3. The van der Waals surface area contributed by atoms with Gasteiger partial charge in [0.1, 0.15) is 5.82 Å². The van der Waals surface area contributed by atoms with E-state index in [-0.39, 0.29) is 27.0 Å². The lowest BCUT2D eigenvalue weighted by Gasteiger charge is -2.34. The number of halogens is 5. The van der Waals surface area contributed by atoms with Gasteiger partial charge in [-0.3, -0.25) is 0 Å². The number of rotatable bonds is 4. The maximum Gasteiger partial charge on any atom is 0.256 e. The van der Waals surface area contributed by atoms with E-state index in [0.717, 1.165) is 0 Å². The molecule has 2 aromatic rings. The van der Waals surface area contributed by atoms with Crippen molar-refractivity contribution in [2.75, 3.05) is 6.54 Å². The Morgan fingerprint density at radius 3 is 2.31 bits per heavy atom. The first-order valence-electron chi connectivity index (χ1n) is 7.76. The summed E-state index contributed by atoms with van der Waals surface area (Å²) in [4.78, 5) is 1.22. The molecule has 0 aromatic heterocycles. The summed E-state index contributed by atoms with van der Waals surface area (Å²) in [5, 5.41) is 0.327.